The minimum Gasteiger partial charge on any atom is -0.494 e. The van der Waals surface area contributed by atoms with E-state index in [9.17, 15) is 9.59 Å². The summed E-state index contributed by atoms with van der Waals surface area (Å²) in [5.74, 6) is 1.47. The summed E-state index contributed by atoms with van der Waals surface area (Å²) in [7, 11) is 0. The molecule has 0 saturated heterocycles. The molecule has 4 rings (SSSR count). The Morgan fingerprint density at radius 1 is 1.03 bits per heavy atom. The first-order chi connectivity index (χ1) is 15.6. The van der Waals surface area contributed by atoms with Crippen LogP contribution in [0, 0.1) is 0 Å². The number of rotatable bonds is 8. The van der Waals surface area contributed by atoms with Gasteiger partial charge in [0.25, 0.3) is 11.1 Å². The van der Waals surface area contributed by atoms with E-state index >= 15 is 0 Å². The summed E-state index contributed by atoms with van der Waals surface area (Å²) < 4.78 is 12.9. The second-order valence-corrected chi connectivity index (χ2v) is 8.12. The Hall–Kier alpha value is -3.52. The topological polar surface area (TPSA) is 82.8 Å². The third-order valence-corrected chi connectivity index (χ3v) is 5.68. The molecule has 0 aliphatic rings. The van der Waals surface area contributed by atoms with Crippen LogP contribution >= 0.6 is 11.3 Å². The normalized spacial score (nSPS) is 11.8. The monoisotopic (exact) mass is 449 g/mol. The van der Waals surface area contributed by atoms with Gasteiger partial charge in [-0.3, -0.25) is 9.59 Å². The molecule has 164 valence electrons. The molecule has 4 aromatic rings. The third kappa shape index (κ3) is 4.70. The summed E-state index contributed by atoms with van der Waals surface area (Å²) in [6.07, 6.45) is 2.96. The largest absolute Gasteiger partial charge is 0.494 e. The van der Waals surface area contributed by atoms with E-state index in [1.54, 1.807) is 6.08 Å². The van der Waals surface area contributed by atoms with Crippen molar-refractivity contribution in [2.45, 2.75) is 26.7 Å². The quantitative estimate of drug-likeness (QED) is 0.411. The van der Waals surface area contributed by atoms with Crippen molar-refractivity contribution in [2.24, 2.45) is 0 Å². The molecule has 0 saturated carbocycles. The van der Waals surface area contributed by atoms with Crippen molar-refractivity contribution in [3.8, 4) is 11.5 Å². The Balaban J connectivity index is 1.68. The molecule has 7 nitrogen and oxygen atoms in total. The van der Waals surface area contributed by atoms with Crippen LogP contribution in [0.5, 0.6) is 11.5 Å². The summed E-state index contributed by atoms with van der Waals surface area (Å²) in [5, 5.41) is 4.32. The average Bonchev–Trinajstić information content (AvgIpc) is 3.09. The molecule has 0 atom stereocenters. The Labute approximate surface area is 188 Å². The molecule has 0 fully saturated rings. The van der Waals surface area contributed by atoms with E-state index in [-0.39, 0.29) is 22.6 Å². The predicted octanol–water partition coefficient (Wildman–Crippen LogP) is 2.84. The number of aromatic nitrogens is 3. The first kappa shape index (κ1) is 21.7. The number of fused-ring (bicyclic) bond motifs is 1. The van der Waals surface area contributed by atoms with Crippen LogP contribution in [0.1, 0.15) is 37.1 Å². The molecule has 2 aromatic carbocycles. The van der Waals surface area contributed by atoms with E-state index in [1.807, 2.05) is 62.4 Å². The van der Waals surface area contributed by atoms with Crippen molar-refractivity contribution in [1.29, 1.82) is 0 Å². The van der Waals surface area contributed by atoms with Crippen LogP contribution < -0.4 is 25.1 Å². The second kappa shape index (κ2) is 9.74. The van der Waals surface area contributed by atoms with Gasteiger partial charge in [0, 0.05) is 12.0 Å². The van der Waals surface area contributed by atoms with Gasteiger partial charge in [0.05, 0.1) is 17.7 Å². The molecule has 0 bridgehead atoms. The highest BCUT2D eigenvalue weighted by molar-refractivity contribution is 7.15. The lowest BCUT2D eigenvalue weighted by Gasteiger charge is -2.05. The molecular formula is C24H23N3O4S. The van der Waals surface area contributed by atoms with Gasteiger partial charge in [0.15, 0.2) is 0 Å². The van der Waals surface area contributed by atoms with E-state index < -0.39 is 5.56 Å². The first-order valence-corrected chi connectivity index (χ1v) is 11.3. The molecule has 0 aliphatic carbocycles. The van der Waals surface area contributed by atoms with Crippen LogP contribution in [0.25, 0.3) is 11.0 Å². The molecule has 0 radical (unpaired) electrons. The molecule has 0 aliphatic heterocycles. The SMILES string of the molecule is CCCOc1ccc(Cc2nn3c(=O)c(=Cc4ccccc4OCC)sc3nc2=O)cc1. The highest BCUT2D eigenvalue weighted by Crippen LogP contribution is 2.18. The number of hydrogen-bond acceptors (Lipinski definition) is 7. The molecule has 0 amide bonds. The van der Waals surface area contributed by atoms with E-state index in [4.69, 9.17) is 9.47 Å². The lowest BCUT2D eigenvalue weighted by Crippen LogP contribution is -2.28. The zero-order chi connectivity index (χ0) is 22.5. The number of thiazole rings is 1. The fraction of sp³-hybridized carbons (Fsp3) is 0.250. The van der Waals surface area contributed by atoms with Crippen LogP contribution in [-0.4, -0.2) is 27.8 Å². The van der Waals surface area contributed by atoms with Crippen molar-refractivity contribution in [3.05, 3.63) is 90.6 Å². The predicted molar refractivity (Wildman–Crippen MR) is 125 cm³/mol. The molecule has 32 heavy (non-hydrogen) atoms. The van der Waals surface area contributed by atoms with E-state index in [0.29, 0.717) is 23.5 Å². The maximum atomic E-state index is 12.9. The van der Waals surface area contributed by atoms with Gasteiger partial charge in [-0.2, -0.15) is 14.6 Å². The number of ether oxygens (including phenoxy) is 2. The first-order valence-electron chi connectivity index (χ1n) is 10.5. The Morgan fingerprint density at radius 3 is 2.56 bits per heavy atom. The Kier molecular flexibility index (Phi) is 6.61. The maximum absolute atomic E-state index is 12.9. The summed E-state index contributed by atoms with van der Waals surface area (Å²) >= 11 is 1.13. The van der Waals surface area contributed by atoms with Gasteiger partial charge in [-0.1, -0.05) is 48.6 Å². The summed E-state index contributed by atoms with van der Waals surface area (Å²) in [6.45, 7) is 5.13. The highest BCUT2D eigenvalue weighted by Gasteiger charge is 2.12. The molecule has 0 unspecified atom stereocenters. The number of nitrogens with zero attached hydrogens (tertiary/aromatic N) is 3. The second-order valence-electron chi connectivity index (χ2n) is 7.11. The lowest BCUT2D eigenvalue weighted by molar-refractivity contribution is 0.317. The van der Waals surface area contributed by atoms with Crippen LogP contribution in [0.4, 0.5) is 0 Å². The van der Waals surface area contributed by atoms with E-state index in [2.05, 4.69) is 10.1 Å². The zero-order valence-corrected chi connectivity index (χ0v) is 18.7. The molecule has 0 spiro atoms. The number of para-hydroxylation sites is 1. The van der Waals surface area contributed by atoms with E-state index in [1.165, 1.54) is 4.52 Å². The van der Waals surface area contributed by atoms with Crippen molar-refractivity contribution in [1.82, 2.24) is 14.6 Å². The Morgan fingerprint density at radius 2 is 1.81 bits per heavy atom. The van der Waals surface area contributed by atoms with Gasteiger partial charge in [-0.25, -0.2) is 0 Å². The van der Waals surface area contributed by atoms with Crippen molar-refractivity contribution in [2.75, 3.05) is 13.2 Å². The summed E-state index contributed by atoms with van der Waals surface area (Å²) in [5.41, 5.74) is 1.15. The van der Waals surface area contributed by atoms with Crippen LogP contribution in [0.15, 0.2) is 58.1 Å². The van der Waals surface area contributed by atoms with Crippen LogP contribution in [0.2, 0.25) is 0 Å². The fourth-order valence-corrected chi connectivity index (χ4v) is 4.09. The average molecular weight is 450 g/mol. The molecule has 0 N–H and O–H groups in total. The van der Waals surface area contributed by atoms with Gasteiger partial charge in [0.1, 0.15) is 17.2 Å². The highest BCUT2D eigenvalue weighted by atomic mass is 32.1. The van der Waals surface area contributed by atoms with Gasteiger partial charge in [-0.15, -0.1) is 0 Å². The van der Waals surface area contributed by atoms with E-state index in [0.717, 1.165) is 34.6 Å². The number of benzene rings is 2. The van der Waals surface area contributed by atoms with Crippen LogP contribution in [0.3, 0.4) is 0 Å². The van der Waals surface area contributed by atoms with Gasteiger partial charge >= 0.3 is 0 Å². The lowest BCUT2D eigenvalue weighted by atomic mass is 10.1. The minimum atomic E-state index is -0.432. The van der Waals surface area contributed by atoms with Crippen molar-refractivity contribution in [3.63, 3.8) is 0 Å². The zero-order valence-electron chi connectivity index (χ0n) is 17.9. The minimum absolute atomic E-state index is 0.223. The molecule has 2 heterocycles. The van der Waals surface area contributed by atoms with Crippen molar-refractivity contribution < 1.29 is 9.47 Å². The Bertz CT molecular complexity index is 1390. The fourth-order valence-electron chi connectivity index (χ4n) is 3.20. The van der Waals surface area contributed by atoms with Gasteiger partial charge in [-0.05, 0) is 43.2 Å². The third-order valence-electron chi connectivity index (χ3n) is 4.72. The molecular weight excluding hydrogens is 426 g/mol. The maximum Gasteiger partial charge on any atom is 0.296 e. The number of hydrogen-bond donors (Lipinski definition) is 0. The smallest absolute Gasteiger partial charge is 0.296 e. The summed E-state index contributed by atoms with van der Waals surface area (Å²) in [4.78, 5) is 29.8. The standard InChI is InChI=1S/C24H23N3O4S/c1-3-13-31-18-11-9-16(10-12-18)14-19-22(28)25-24-27(26-19)23(29)21(32-24)15-17-7-5-6-8-20(17)30-4-2/h5-12,15H,3-4,13-14H2,1-2H3. The van der Waals surface area contributed by atoms with Crippen molar-refractivity contribution >= 4 is 22.4 Å². The van der Waals surface area contributed by atoms with Gasteiger partial charge < -0.3 is 9.47 Å². The van der Waals surface area contributed by atoms with Gasteiger partial charge in [0.2, 0.25) is 4.96 Å². The molecule has 8 heteroatoms. The summed E-state index contributed by atoms with van der Waals surface area (Å²) in [6, 6.07) is 15.0. The van der Waals surface area contributed by atoms with Crippen LogP contribution in [-0.2, 0) is 6.42 Å². The molecule has 2 aromatic heterocycles.